The number of hydrogen-bond donors (Lipinski definition) is 3. The third-order valence-electron chi connectivity index (χ3n) is 1.53. The van der Waals surface area contributed by atoms with Crippen LogP contribution in [0.15, 0.2) is 0 Å². The molecule has 0 amide bonds. The molecule has 6 heteroatoms. The van der Waals surface area contributed by atoms with E-state index in [1.54, 1.807) is 7.11 Å². The van der Waals surface area contributed by atoms with Crippen LogP contribution in [0.5, 0.6) is 0 Å². The van der Waals surface area contributed by atoms with E-state index < -0.39 is 0 Å². The summed E-state index contributed by atoms with van der Waals surface area (Å²) in [6, 6.07) is 0.458. The van der Waals surface area contributed by atoms with Crippen LogP contribution in [-0.2, 0) is 4.84 Å². The second-order valence-corrected chi connectivity index (χ2v) is 2.25. The molecule has 0 aromatic carbocycles. The summed E-state index contributed by atoms with van der Waals surface area (Å²) in [5.41, 5.74) is 8.47. The molecule has 0 aromatic heterocycles. The van der Waals surface area contributed by atoms with Gasteiger partial charge < -0.3 is 15.9 Å². The maximum atomic E-state index is 5.66. The van der Waals surface area contributed by atoms with Crippen LogP contribution in [0.1, 0.15) is 0 Å². The molecule has 4 nitrogen and oxygen atoms in total. The topological polar surface area (TPSA) is 59.3 Å². The lowest BCUT2D eigenvalue weighted by Gasteiger charge is -2.12. The summed E-state index contributed by atoms with van der Waals surface area (Å²) in [5.74, 6) is 0. The molecule has 1 saturated heterocycles. The van der Waals surface area contributed by atoms with Crippen molar-refractivity contribution in [3.8, 4) is 0 Å². The Morgan fingerprint density at radius 3 is 2.45 bits per heavy atom. The van der Waals surface area contributed by atoms with Gasteiger partial charge in [-0.1, -0.05) is 0 Å². The quantitative estimate of drug-likeness (QED) is 0.519. The molecular weight excluding hydrogens is 189 g/mol. The van der Waals surface area contributed by atoms with Crippen LogP contribution in [-0.4, -0.2) is 32.3 Å². The fourth-order valence-corrected chi connectivity index (χ4v) is 0.980. The highest BCUT2D eigenvalue weighted by molar-refractivity contribution is 5.85. The van der Waals surface area contributed by atoms with Crippen molar-refractivity contribution in [3.63, 3.8) is 0 Å². The Morgan fingerprint density at radius 1 is 1.45 bits per heavy atom. The molecule has 1 fully saturated rings. The third kappa shape index (κ3) is 4.10. The fourth-order valence-electron chi connectivity index (χ4n) is 0.980. The highest BCUT2D eigenvalue weighted by Gasteiger charge is 2.22. The summed E-state index contributed by atoms with van der Waals surface area (Å²) < 4.78 is 0. The normalized spacial score (nSPS) is 28.9. The molecular formula is C5H15Cl2N3O. The van der Waals surface area contributed by atoms with Crippen LogP contribution in [0.4, 0.5) is 0 Å². The lowest BCUT2D eigenvalue weighted by atomic mass is 10.2. The largest absolute Gasteiger partial charge is 0.325 e. The van der Waals surface area contributed by atoms with Crippen molar-refractivity contribution in [3.05, 3.63) is 0 Å². The highest BCUT2D eigenvalue weighted by atomic mass is 35.5. The van der Waals surface area contributed by atoms with Crippen LogP contribution >= 0.6 is 24.8 Å². The number of hydrogen-bond acceptors (Lipinski definition) is 4. The zero-order valence-electron chi connectivity index (χ0n) is 6.37. The van der Waals surface area contributed by atoms with Gasteiger partial charge in [0.25, 0.3) is 0 Å². The van der Waals surface area contributed by atoms with E-state index in [1.807, 2.05) is 0 Å². The Bertz CT molecular complexity index is 95.8. The molecule has 1 rings (SSSR count). The molecule has 1 heterocycles. The van der Waals surface area contributed by atoms with E-state index in [1.165, 1.54) is 0 Å². The summed E-state index contributed by atoms with van der Waals surface area (Å²) in [7, 11) is 1.60. The second kappa shape index (κ2) is 7.09. The SMILES string of the molecule is CONC1CNCC1N.Cl.Cl. The number of nitrogens with one attached hydrogen (secondary N) is 2. The van der Waals surface area contributed by atoms with Crippen LogP contribution in [0.2, 0.25) is 0 Å². The number of halogens is 2. The maximum absolute atomic E-state index is 5.66. The van der Waals surface area contributed by atoms with Crippen molar-refractivity contribution in [2.45, 2.75) is 12.1 Å². The molecule has 0 aromatic rings. The minimum Gasteiger partial charge on any atom is -0.325 e. The van der Waals surface area contributed by atoms with Gasteiger partial charge in [0, 0.05) is 19.1 Å². The Balaban J connectivity index is 0. The summed E-state index contributed by atoms with van der Waals surface area (Å²) >= 11 is 0. The molecule has 0 radical (unpaired) electrons. The minimum atomic E-state index is 0. The maximum Gasteiger partial charge on any atom is 0.0609 e. The van der Waals surface area contributed by atoms with Crippen molar-refractivity contribution in [1.29, 1.82) is 0 Å². The molecule has 1 aliphatic heterocycles. The number of nitrogens with two attached hydrogens (primary N) is 1. The van der Waals surface area contributed by atoms with Crippen LogP contribution in [0.25, 0.3) is 0 Å². The van der Waals surface area contributed by atoms with Gasteiger partial charge in [-0.2, -0.15) is 5.48 Å². The first-order valence-electron chi connectivity index (χ1n) is 3.09. The first-order valence-corrected chi connectivity index (χ1v) is 3.09. The smallest absolute Gasteiger partial charge is 0.0609 e. The molecule has 4 N–H and O–H groups in total. The van der Waals surface area contributed by atoms with Crippen molar-refractivity contribution in [2.24, 2.45) is 5.73 Å². The van der Waals surface area contributed by atoms with Gasteiger partial charge in [-0.15, -0.1) is 24.8 Å². The van der Waals surface area contributed by atoms with Gasteiger partial charge in [0.1, 0.15) is 0 Å². The van der Waals surface area contributed by atoms with Gasteiger partial charge in [0.2, 0.25) is 0 Å². The molecule has 0 aliphatic carbocycles. The van der Waals surface area contributed by atoms with Gasteiger partial charge in [-0.25, -0.2) is 0 Å². The van der Waals surface area contributed by atoms with E-state index in [9.17, 15) is 0 Å². The summed E-state index contributed by atoms with van der Waals surface area (Å²) in [4.78, 5) is 4.73. The van der Waals surface area contributed by atoms with Gasteiger partial charge in [-0.3, -0.25) is 0 Å². The number of hydroxylamine groups is 1. The predicted octanol–water partition coefficient (Wildman–Crippen LogP) is -0.720. The summed E-state index contributed by atoms with van der Waals surface area (Å²) in [6.07, 6.45) is 0. The average Bonchev–Trinajstić information content (AvgIpc) is 2.18. The highest BCUT2D eigenvalue weighted by Crippen LogP contribution is 1.94. The van der Waals surface area contributed by atoms with Crippen molar-refractivity contribution >= 4 is 24.8 Å². The fraction of sp³-hybridized carbons (Fsp3) is 1.00. The van der Waals surface area contributed by atoms with E-state index >= 15 is 0 Å². The average molecular weight is 204 g/mol. The number of rotatable bonds is 2. The molecule has 0 saturated carbocycles. The van der Waals surface area contributed by atoms with E-state index in [4.69, 9.17) is 10.6 Å². The predicted molar refractivity (Wildman–Crippen MR) is 49.3 cm³/mol. The van der Waals surface area contributed by atoms with E-state index in [0.29, 0.717) is 0 Å². The zero-order chi connectivity index (χ0) is 6.69. The molecule has 0 spiro atoms. The molecule has 2 unspecified atom stereocenters. The van der Waals surface area contributed by atoms with Crippen LogP contribution < -0.4 is 16.5 Å². The Morgan fingerprint density at radius 2 is 2.09 bits per heavy atom. The van der Waals surface area contributed by atoms with Crippen LogP contribution in [0.3, 0.4) is 0 Å². The molecule has 11 heavy (non-hydrogen) atoms. The van der Waals surface area contributed by atoms with E-state index in [0.717, 1.165) is 13.1 Å². The monoisotopic (exact) mass is 203 g/mol. The van der Waals surface area contributed by atoms with Crippen LogP contribution in [0, 0.1) is 0 Å². The zero-order valence-corrected chi connectivity index (χ0v) is 8.00. The van der Waals surface area contributed by atoms with Crippen molar-refractivity contribution < 1.29 is 4.84 Å². The van der Waals surface area contributed by atoms with Gasteiger partial charge in [0.05, 0.1) is 13.2 Å². The molecule has 0 bridgehead atoms. The van der Waals surface area contributed by atoms with E-state index in [-0.39, 0.29) is 36.9 Å². The lowest BCUT2D eigenvalue weighted by Crippen LogP contribution is -2.43. The van der Waals surface area contributed by atoms with E-state index in [2.05, 4.69) is 10.8 Å². The Kier molecular flexibility index (Phi) is 9.01. The molecule has 70 valence electrons. The Hall–Kier alpha value is 0.420. The molecule has 1 aliphatic rings. The summed E-state index contributed by atoms with van der Waals surface area (Å²) in [5, 5.41) is 3.14. The lowest BCUT2D eigenvalue weighted by molar-refractivity contribution is 0.0623. The standard InChI is InChI=1S/C5H13N3O.2ClH/c1-9-8-5-3-7-2-4(5)6;;/h4-5,7-8H,2-3,6H2,1H3;2*1H. The molecule has 2 atom stereocenters. The first kappa shape index (κ1) is 14.0. The minimum absolute atomic E-state index is 0. The van der Waals surface area contributed by atoms with Crippen molar-refractivity contribution in [2.75, 3.05) is 20.2 Å². The van der Waals surface area contributed by atoms with Crippen molar-refractivity contribution in [1.82, 2.24) is 10.8 Å². The van der Waals surface area contributed by atoms with Gasteiger partial charge in [0.15, 0.2) is 0 Å². The second-order valence-electron chi connectivity index (χ2n) is 2.25. The van der Waals surface area contributed by atoms with Gasteiger partial charge in [-0.05, 0) is 0 Å². The first-order chi connectivity index (χ1) is 4.34. The van der Waals surface area contributed by atoms with Gasteiger partial charge >= 0.3 is 0 Å². The third-order valence-corrected chi connectivity index (χ3v) is 1.53. The Labute approximate surface area is 79.0 Å². The summed E-state index contributed by atoms with van der Waals surface area (Å²) in [6.45, 7) is 1.77.